The van der Waals surface area contributed by atoms with E-state index in [4.69, 9.17) is 0 Å². The lowest BCUT2D eigenvalue weighted by Crippen LogP contribution is -2.01. The molecule has 0 amide bonds. The van der Waals surface area contributed by atoms with Crippen LogP contribution < -0.4 is 5.32 Å². The summed E-state index contributed by atoms with van der Waals surface area (Å²) in [5.74, 6) is 0.0912. The number of nitrogens with one attached hydrogen (secondary N) is 1. The van der Waals surface area contributed by atoms with E-state index >= 15 is 0 Å². The lowest BCUT2D eigenvalue weighted by molar-refractivity contribution is 0.104. The highest BCUT2D eigenvalue weighted by Crippen LogP contribution is 2.23. The molecule has 2 rings (SSSR count). The topological polar surface area (TPSA) is 49.3 Å². The monoisotopic (exact) mass is 267 g/mol. The lowest BCUT2D eigenvalue weighted by Gasteiger charge is -2.08. The van der Waals surface area contributed by atoms with Crippen LogP contribution in [0.3, 0.4) is 0 Å². The van der Waals surface area contributed by atoms with Crippen molar-refractivity contribution < 1.29 is 9.90 Å². The van der Waals surface area contributed by atoms with Gasteiger partial charge in [0, 0.05) is 17.3 Å². The van der Waals surface area contributed by atoms with Gasteiger partial charge in [-0.1, -0.05) is 42.0 Å². The molecule has 102 valence electrons. The van der Waals surface area contributed by atoms with Crippen LogP contribution in [-0.4, -0.2) is 10.9 Å². The normalized spacial score (nSPS) is 11.2. The summed E-state index contributed by atoms with van der Waals surface area (Å²) in [6, 6.07) is 14.3. The number of hydrogen-bond acceptors (Lipinski definition) is 3. The van der Waals surface area contributed by atoms with Crippen molar-refractivity contribution in [3.63, 3.8) is 0 Å². The second-order valence-electron chi connectivity index (χ2n) is 4.70. The fourth-order valence-electron chi connectivity index (χ4n) is 1.83. The van der Waals surface area contributed by atoms with Crippen molar-refractivity contribution in [1.29, 1.82) is 0 Å². The maximum atomic E-state index is 12.1. The number of hydrogen-bond donors (Lipinski definition) is 2. The number of rotatable bonds is 4. The van der Waals surface area contributed by atoms with Crippen molar-refractivity contribution in [1.82, 2.24) is 0 Å². The number of aryl methyl sites for hydroxylation is 1. The molecule has 0 unspecified atom stereocenters. The van der Waals surface area contributed by atoms with E-state index in [-0.39, 0.29) is 11.5 Å². The Bertz CT molecular complexity index is 642. The van der Waals surface area contributed by atoms with Crippen molar-refractivity contribution in [2.75, 3.05) is 5.32 Å². The van der Waals surface area contributed by atoms with Gasteiger partial charge < -0.3 is 10.4 Å². The van der Waals surface area contributed by atoms with Gasteiger partial charge in [-0.3, -0.25) is 4.79 Å². The third kappa shape index (κ3) is 3.48. The second kappa shape index (κ2) is 6.06. The molecule has 0 aliphatic heterocycles. The molecule has 2 aromatic carbocycles. The number of ketones is 1. The molecule has 0 spiro atoms. The van der Waals surface area contributed by atoms with Gasteiger partial charge in [0.1, 0.15) is 5.75 Å². The van der Waals surface area contributed by atoms with Gasteiger partial charge >= 0.3 is 0 Å². The van der Waals surface area contributed by atoms with E-state index in [2.05, 4.69) is 5.32 Å². The fourth-order valence-corrected chi connectivity index (χ4v) is 1.83. The predicted octanol–water partition coefficient (Wildman–Crippen LogP) is 3.90. The number of allylic oxidation sites excluding steroid dienone is 2. The highest BCUT2D eigenvalue weighted by atomic mass is 16.3. The number of phenols is 1. The zero-order chi connectivity index (χ0) is 14.5. The molecule has 2 N–H and O–H groups in total. The predicted molar refractivity (Wildman–Crippen MR) is 81.0 cm³/mol. The summed E-state index contributed by atoms with van der Waals surface area (Å²) in [5.41, 5.74) is 3.03. The van der Waals surface area contributed by atoms with Gasteiger partial charge in [0.15, 0.2) is 5.78 Å². The van der Waals surface area contributed by atoms with Crippen molar-refractivity contribution in [3.05, 3.63) is 71.4 Å². The summed E-state index contributed by atoms with van der Waals surface area (Å²) in [6.07, 6.45) is 1.52. The summed E-state index contributed by atoms with van der Waals surface area (Å²) in [4.78, 5) is 12.1. The standard InChI is InChI=1S/C17H17NO2/c1-12-7-9-14(10-8-12)17(20)11-13(2)18-15-5-3-4-6-16(15)19/h3-11,18-19H,1-2H3/b13-11+. The average molecular weight is 267 g/mol. The third-order valence-corrected chi connectivity index (χ3v) is 2.92. The second-order valence-corrected chi connectivity index (χ2v) is 4.70. The van der Waals surface area contributed by atoms with E-state index in [1.54, 1.807) is 37.3 Å². The van der Waals surface area contributed by atoms with Crippen LogP contribution in [0, 0.1) is 6.92 Å². The van der Waals surface area contributed by atoms with Crippen LogP contribution in [0.4, 0.5) is 5.69 Å². The van der Waals surface area contributed by atoms with Crippen molar-refractivity contribution in [2.45, 2.75) is 13.8 Å². The van der Waals surface area contributed by atoms with Gasteiger partial charge in [0.05, 0.1) is 5.69 Å². The number of anilines is 1. The van der Waals surface area contributed by atoms with Crippen LogP contribution in [0.25, 0.3) is 0 Å². The molecule has 20 heavy (non-hydrogen) atoms. The minimum atomic E-state index is -0.0644. The number of aromatic hydroxyl groups is 1. The Labute approximate surface area is 118 Å². The van der Waals surface area contributed by atoms with Gasteiger partial charge in [-0.05, 0) is 26.0 Å². The molecule has 0 saturated carbocycles. The average Bonchev–Trinajstić information content (AvgIpc) is 2.42. The minimum absolute atomic E-state index is 0.0644. The van der Waals surface area contributed by atoms with Gasteiger partial charge in [-0.15, -0.1) is 0 Å². The molecule has 0 radical (unpaired) electrons. The largest absolute Gasteiger partial charge is 0.506 e. The molecule has 0 fully saturated rings. The highest BCUT2D eigenvalue weighted by Gasteiger charge is 2.04. The third-order valence-electron chi connectivity index (χ3n) is 2.92. The number of para-hydroxylation sites is 2. The molecule has 3 heteroatoms. The van der Waals surface area contributed by atoms with Gasteiger partial charge in [-0.25, -0.2) is 0 Å². The first-order chi connectivity index (χ1) is 9.56. The molecule has 0 bridgehead atoms. The summed E-state index contributed by atoms with van der Waals surface area (Å²) in [7, 11) is 0. The van der Waals surface area contributed by atoms with E-state index in [9.17, 15) is 9.90 Å². The van der Waals surface area contributed by atoms with Crippen LogP contribution in [0.15, 0.2) is 60.3 Å². The minimum Gasteiger partial charge on any atom is -0.506 e. The Morgan fingerprint density at radius 3 is 2.40 bits per heavy atom. The van der Waals surface area contributed by atoms with Crippen LogP contribution in [0.1, 0.15) is 22.8 Å². The van der Waals surface area contributed by atoms with E-state index in [0.717, 1.165) is 5.56 Å². The molecule has 0 aromatic heterocycles. The number of phenolic OH excluding ortho intramolecular Hbond substituents is 1. The van der Waals surface area contributed by atoms with Gasteiger partial charge in [-0.2, -0.15) is 0 Å². The molecule has 0 atom stereocenters. The summed E-state index contributed by atoms with van der Waals surface area (Å²) in [6.45, 7) is 3.77. The summed E-state index contributed by atoms with van der Waals surface area (Å²) in [5, 5.41) is 12.7. The van der Waals surface area contributed by atoms with E-state index < -0.39 is 0 Å². The molecule has 0 heterocycles. The molecule has 0 saturated heterocycles. The molecule has 2 aromatic rings. The molecule has 0 aliphatic carbocycles. The smallest absolute Gasteiger partial charge is 0.187 e. The van der Waals surface area contributed by atoms with Crippen LogP contribution in [0.2, 0.25) is 0 Å². The van der Waals surface area contributed by atoms with E-state index in [0.29, 0.717) is 16.9 Å². The van der Waals surface area contributed by atoms with Crippen LogP contribution >= 0.6 is 0 Å². The summed E-state index contributed by atoms with van der Waals surface area (Å²) < 4.78 is 0. The maximum absolute atomic E-state index is 12.1. The highest BCUT2D eigenvalue weighted by molar-refractivity contribution is 6.05. The Hall–Kier alpha value is -2.55. The van der Waals surface area contributed by atoms with Crippen molar-refractivity contribution in [3.8, 4) is 5.75 Å². The van der Waals surface area contributed by atoms with Crippen LogP contribution in [0.5, 0.6) is 5.75 Å². The zero-order valence-corrected chi connectivity index (χ0v) is 11.6. The Morgan fingerprint density at radius 1 is 1.10 bits per heavy atom. The van der Waals surface area contributed by atoms with Crippen LogP contribution in [-0.2, 0) is 0 Å². The molecular formula is C17H17NO2. The first kappa shape index (κ1) is 13.9. The maximum Gasteiger partial charge on any atom is 0.187 e. The quantitative estimate of drug-likeness (QED) is 0.502. The zero-order valence-electron chi connectivity index (χ0n) is 11.6. The number of carbonyl (C=O) groups excluding carboxylic acids is 1. The Morgan fingerprint density at radius 2 is 1.75 bits per heavy atom. The first-order valence-corrected chi connectivity index (χ1v) is 6.40. The molecule has 0 aliphatic rings. The van der Waals surface area contributed by atoms with Gasteiger partial charge in [0.2, 0.25) is 0 Å². The van der Waals surface area contributed by atoms with Gasteiger partial charge in [0.25, 0.3) is 0 Å². The van der Waals surface area contributed by atoms with Crippen molar-refractivity contribution in [2.24, 2.45) is 0 Å². The lowest BCUT2D eigenvalue weighted by atomic mass is 10.1. The number of carbonyl (C=O) groups is 1. The molecule has 3 nitrogen and oxygen atoms in total. The Kier molecular flexibility index (Phi) is 4.20. The molecular weight excluding hydrogens is 250 g/mol. The SMILES string of the molecule is C/C(=C\C(=O)c1ccc(C)cc1)Nc1ccccc1O. The summed E-state index contributed by atoms with van der Waals surface area (Å²) >= 11 is 0. The van der Waals surface area contributed by atoms with E-state index in [1.165, 1.54) is 6.08 Å². The fraction of sp³-hybridized carbons (Fsp3) is 0.118. The van der Waals surface area contributed by atoms with E-state index in [1.807, 2.05) is 25.1 Å². The Balaban J connectivity index is 2.12. The van der Waals surface area contributed by atoms with Crippen molar-refractivity contribution >= 4 is 11.5 Å². The first-order valence-electron chi connectivity index (χ1n) is 6.40. The number of benzene rings is 2.